The van der Waals surface area contributed by atoms with Crippen LogP contribution < -0.4 is 10.5 Å². The van der Waals surface area contributed by atoms with Crippen LogP contribution in [0.5, 0.6) is 5.75 Å². The average Bonchev–Trinajstić information content (AvgIpc) is 2.69. The van der Waals surface area contributed by atoms with Crippen LogP contribution in [0.15, 0.2) is 22.7 Å². The summed E-state index contributed by atoms with van der Waals surface area (Å²) in [4.78, 5) is 0. The standard InChI is InChI=1S/C13H15BrClN3O/c1-3-9-6-10(18(2)17-9)7-19-13-11(14)4-8(15)5-12(13)16/h4-6H,3,7,16H2,1-2H3. The van der Waals surface area contributed by atoms with Gasteiger partial charge in [0.1, 0.15) is 6.61 Å². The zero-order chi connectivity index (χ0) is 14.0. The molecule has 6 heteroatoms. The Balaban J connectivity index is 2.16. The number of hydrogen-bond acceptors (Lipinski definition) is 3. The second-order valence-electron chi connectivity index (χ2n) is 4.20. The fraction of sp³-hybridized carbons (Fsp3) is 0.308. The first kappa shape index (κ1) is 14.2. The van der Waals surface area contributed by atoms with E-state index in [2.05, 4.69) is 28.0 Å². The molecule has 4 nitrogen and oxygen atoms in total. The van der Waals surface area contributed by atoms with Crippen molar-refractivity contribution >= 4 is 33.2 Å². The molecule has 0 spiro atoms. The third kappa shape index (κ3) is 3.22. The summed E-state index contributed by atoms with van der Waals surface area (Å²) in [6.07, 6.45) is 0.903. The normalized spacial score (nSPS) is 10.7. The van der Waals surface area contributed by atoms with Crippen molar-refractivity contribution in [3.05, 3.63) is 39.1 Å². The summed E-state index contributed by atoms with van der Waals surface area (Å²) in [6.45, 7) is 2.48. The van der Waals surface area contributed by atoms with Crippen LogP contribution in [0.25, 0.3) is 0 Å². The highest BCUT2D eigenvalue weighted by Crippen LogP contribution is 2.35. The van der Waals surface area contributed by atoms with Crippen molar-refractivity contribution in [3.8, 4) is 5.75 Å². The monoisotopic (exact) mass is 343 g/mol. The van der Waals surface area contributed by atoms with E-state index in [1.54, 1.807) is 12.1 Å². The first-order valence-electron chi connectivity index (χ1n) is 5.90. The summed E-state index contributed by atoms with van der Waals surface area (Å²) in [7, 11) is 1.90. The van der Waals surface area contributed by atoms with E-state index in [1.807, 2.05) is 17.8 Å². The van der Waals surface area contributed by atoms with Gasteiger partial charge < -0.3 is 10.5 Å². The van der Waals surface area contributed by atoms with Gasteiger partial charge in [0.2, 0.25) is 0 Å². The molecule has 0 radical (unpaired) electrons. The lowest BCUT2D eigenvalue weighted by Crippen LogP contribution is -2.04. The molecule has 0 bridgehead atoms. The highest BCUT2D eigenvalue weighted by atomic mass is 79.9. The van der Waals surface area contributed by atoms with Crippen molar-refractivity contribution in [1.82, 2.24) is 9.78 Å². The maximum atomic E-state index is 5.91. The van der Waals surface area contributed by atoms with Crippen LogP contribution >= 0.6 is 27.5 Å². The Morgan fingerprint density at radius 1 is 1.42 bits per heavy atom. The summed E-state index contributed by atoms with van der Waals surface area (Å²) in [5, 5.41) is 4.95. The first-order chi connectivity index (χ1) is 9.01. The molecule has 0 amide bonds. The van der Waals surface area contributed by atoms with Crippen molar-refractivity contribution in [2.45, 2.75) is 20.0 Å². The molecule has 1 aromatic heterocycles. The van der Waals surface area contributed by atoms with E-state index in [0.717, 1.165) is 22.3 Å². The summed E-state index contributed by atoms with van der Waals surface area (Å²) < 4.78 is 8.32. The highest BCUT2D eigenvalue weighted by molar-refractivity contribution is 9.10. The predicted octanol–water partition coefficient (Wildman–Crippen LogP) is 3.56. The molecule has 102 valence electrons. The van der Waals surface area contributed by atoms with Crippen molar-refractivity contribution in [2.75, 3.05) is 5.73 Å². The fourth-order valence-corrected chi connectivity index (χ4v) is 2.71. The number of halogens is 2. The minimum atomic E-state index is 0.411. The van der Waals surface area contributed by atoms with Crippen molar-refractivity contribution in [1.29, 1.82) is 0 Å². The lowest BCUT2D eigenvalue weighted by atomic mass is 10.3. The molecular weight excluding hydrogens is 330 g/mol. The third-order valence-electron chi connectivity index (χ3n) is 2.79. The quantitative estimate of drug-likeness (QED) is 0.863. The van der Waals surface area contributed by atoms with Gasteiger partial charge in [-0.25, -0.2) is 0 Å². The zero-order valence-corrected chi connectivity index (χ0v) is 13.1. The Bertz CT molecular complexity index is 575. The maximum absolute atomic E-state index is 5.91. The van der Waals surface area contributed by atoms with E-state index in [1.165, 1.54) is 0 Å². The smallest absolute Gasteiger partial charge is 0.157 e. The number of hydrogen-bond donors (Lipinski definition) is 1. The van der Waals surface area contributed by atoms with Gasteiger partial charge in [-0.3, -0.25) is 4.68 Å². The Kier molecular flexibility index (Phi) is 4.37. The highest BCUT2D eigenvalue weighted by Gasteiger charge is 2.10. The van der Waals surface area contributed by atoms with Gasteiger partial charge in [-0.05, 0) is 40.5 Å². The molecule has 0 fully saturated rings. The molecule has 0 aliphatic rings. The molecule has 19 heavy (non-hydrogen) atoms. The molecule has 0 saturated heterocycles. The lowest BCUT2D eigenvalue weighted by Gasteiger charge is -2.11. The number of rotatable bonds is 4. The lowest BCUT2D eigenvalue weighted by molar-refractivity contribution is 0.294. The molecule has 2 N–H and O–H groups in total. The number of aryl methyl sites for hydroxylation is 2. The van der Waals surface area contributed by atoms with Crippen LogP contribution in [-0.4, -0.2) is 9.78 Å². The minimum Gasteiger partial charge on any atom is -0.484 e. The number of aromatic nitrogens is 2. The molecule has 1 aromatic carbocycles. The molecule has 2 aromatic rings. The van der Waals surface area contributed by atoms with E-state index >= 15 is 0 Å². The second kappa shape index (κ2) is 5.84. The van der Waals surface area contributed by atoms with Gasteiger partial charge in [-0.2, -0.15) is 5.10 Å². The van der Waals surface area contributed by atoms with E-state index in [0.29, 0.717) is 23.1 Å². The largest absolute Gasteiger partial charge is 0.484 e. The first-order valence-corrected chi connectivity index (χ1v) is 7.07. The topological polar surface area (TPSA) is 53.1 Å². The number of nitrogen functional groups attached to an aromatic ring is 1. The number of benzene rings is 1. The van der Waals surface area contributed by atoms with Gasteiger partial charge in [-0.1, -0.05) is 18.5 Å². The molecule has 0 atom stereocenters. The van der Waals surface area contributed by atoms with Crippen molar-refractivity contribution < 1.29 is 4.74 Å². The Morgan fingerprint density at radius 2 is 2.16 bits per heavy atom. The number of nitrogens with zero attached hydrogens (tertiary/aromatic N) is 2. The van der Waals surface area contributed by atoms with E-state index < -0.39 is 0 Å². The van der Waals surface area contributed by atoms with Crippen molar-refractivity contribution in [2.24, 2.45) is 7.05 Å². The van der Waals surface area contributed by atoms with Crippen LogP contribution in [-0.2, 0) is 20.1 Å². The SMILES string of the molecule is CCc1cc(COc2c(N)cc(Cl)cc2Br)n(C)n1. The number of anilines is 1. The van der Waals surface area contributed by atoms with E-state index in [9.17, 15) is 0 Å². The van der Waals surface area contributed by atoms with Crippen molar-refractivity contribution in [3.63, 3.8) is 0 Å². The average molecular weight is 345 g/mol. The summed E-state index contributed by atoms with van der Waals surface area (Å²) in [6, 6.07) is 5.45. The molecule has 1 heterocycles. The van der Waals surface area contributed by atoms with Gasteiger partial charge in [0.05, 0.1) is 21.5 Å². The zero-order valence-electron chi connectivity index (χ0n) is 10.8. The molecule has 0 saturated carbocycles. The van der Waals surface area contributed by atoms with Gasteiger partial charge in [0.25, 0.3) is 0 Å². The van der Waals surface area contributed by atoms with Crippen LogP contribution in [0.2, 0.25) is 5.02 Å². The van der Waals surface area contributed by atoms with E-state index in [-0.39, 0.29) is 0 Å². The second-order valence-corrected chi connectivity index (χ2v) is 5.49. The van der Waals surface area contributed by atoms with Gasteiger partial charge >= 0.3 is 0 Å². The van der Waals surface area contributed by atoms with Crippen LogP contribution in [0, 0.1) is 0 Å². The Labute approximate surface area is 125 Å². The summed E-state index contributed by atoms with van der Waals surface area (Å²) in [5.74, 6) is 0.601. The van der Waals surface area contributed by atoms with Crippen LogP contribution in [0.4, 0.5) is 5.69 Å². The number of nitrogens with two attached hydrogens (primary N) is 1. The molecule has 0 unspecified atom stereocenters. The van der Waals surface area contributed by atoms with E-state index in [4.69, 9.17) is 22.1 Å². The number of ether oxygens (including phenoxy) is 1. The predicted molar refractivity (Wildman–Crippen MR) is 80.5 cm³/mol. The Hall–Kier alpha value is -1.20. The molecule has 2 rings (SSSR count). The van der Waals surface area contributed by atoms with Gasteiger partial charge in [0, 0.05) is 12.1 Å². The van der Waals surface area contributed by atoms with Crippen LogP contribution in [0.1, 0.15) is 18.3 Å². The van der Waals surface area contributed by atoms with Gasteiger partial charge in [0.15, 0.2) is 5.75 Å². The van der Waals surface area contributed by atoms with Crippen LogP contribution in [0.3, 0.4) is 0 Å². The summed E-state index contributed by atoms with van der Waals surface area (Å²) in [5.41, 5.74) is 8.45. The Morgan fingerprint density at radius 3 is 2.74 bits per heavy atom. The summed E-state index contributed by atoms with van der Waals surface area (Å²) >= 11 is 9.30. The third-order valence-corrected chi connectivity index (χ3v) is 3.60. The minimum absolute atomic E-state index is 0.411. The van der Waals surface area contributed by atoms with Gasteiger partial charge in [-0.15, -0.1) is 0 Å². The molecular formula is C13H15BrClN3O. The molecule has 0 aliphatic heterocycles. The maximum Gasteiger partial charge on any atom is 0.157 e. The fourth-order valence-electron chi connectivity index (χ4n) is 1.76. The molecule has 0 aliphatic carbocycles.